The minimum absolute atomic E-state index is 0.139. The monoisotopic (exact) mass is 322 g/mol. The Morgan fingerprint density at radius 2 is 1.87 bits per heavy atom. The first-order valence-corrected chi connectivity index (χ1v) is 7.26. The molecule has 0 radical (unpaired) electrons. The van der Waals surface area contributed by atoms with Gasteiger partial charge in [-0.1, -0.05) is 17.7 Å². The summed E-state index contributed by atoms with van der Waals surface area (Å²) < 4.78 is 0. The summed E-state index contributed by atoms with van der Waals surface area (Å²) in [5, 5.41) is 16.2. The van der Waals surface area contributed by atoms with Crippen LogP contribution in [-0.2, 0) is 9.59 Å². The van der Waals surface area contributed by atoms with E-state index in [4.69, 9.17) is 10.8 Å². The summed E-state index contributed by atoms with van der Waals surface area (Å²) in [5.74, 6) is -0.718. The highest BCUT2D eigenvalue weighted by Gasteiger charge is 2.20. The van der Waals surface area contributed by atoms with Crippen LogP contribution in [0.1, 0.15) is 18.4 Å². The number of aryl methyl sites for hydroxylation is 1. The molecule has 0 aliphatic heterocycles. The molecule has 8 heteroatoms. The first kappa shape index (κ1) is 18.4. The summed E-state index contributed by atoms with van der Waals surface area (Å²) >= 11 is 0. The van der Waals surface area contributed by atoms with Gasteiger partial charge in [0.15, 0.2) is 0 Å². The quantitative estimate of drug-likeness (QED) is 0.473. The van der Waals surface area contributed by atoms with E-state index in [0.29, 0.717) is 5.69 Å². The maximum absolute atomic E-state index is 12.2. The van der Waals surface area contributed by atoms with Crippen molar-refractivity contribution in [2.75, 3.05) is 18.4 Å². The summed E-state index contributed by atoms with van der Waals surface area (Å²) in [4.78, 5) is 34.3. The molecule has 1 rings (SSSR count). The molecule has 0 saturated carbocycles. The van der Waals surface area contributed by atoms with Gasteiger partial charge in [0.1, 0.15) is 6.04 Å². The van der Waals surface area contributed by atoms with Crippen molar-refractivity contribution < 1.29 is 19.5 Å². The Kier molecular flexibility index (Phi) is 7.55. The standard InChI is InChI=1S/C15H22N4O4/c1-10-2-4-11(5-3-10)18-14(21)12(19-15(22)23)7-9-17-13(20)6-8-16/h2-5,12,19H,6-9,16H2,1H3,(H,17,20)(H,18,21)(H,22,23)/t12-/m0/s1. The molecular weight excluding hydrogens is 300 g/mol. The van der Waals surface area contributed by atoms with Gasteiger partial charge in [0.05, 0.1) is 0 Å². The second kappa shape index (κ2) is 9.42. The van der Waals surface area contributed by atoms with E-state index in [2.05, 4.69) is 16.0 Å². The molecule has 0 fully saturated rings. The topological polar surface area (TPSA) is 134 Å². The molecule has 0 heterocycles. The van der Waals surface area contributed by atoms with Gasteiger partial charge in [0.2, 0.25) is 11.8 Å². The lowest BCUT2D eigenvalue weighted by Crippen LogP contribution is -2.45. The second-order valence-electron chi connectivity index (χ2n) is 5.03. The summed E-state index contributed by atoms with van der Waals surface area (Å²) in [6.45, 7) is 2.33. The molecule has 1 aromatic carbocycles. The lowest BCUT2D eigenvalue weighted by atomic mass is 10.1. The van der Waals surface area contributed by atoms with E-state index < -0.39 is 18.0 Å². The van der Waals surface area contributed by atoms with Crippen LogP contribution in [-0.4, -0.2) is 42.1 Å². The average Bonchev–Trinajstić information content (AvgIpc) is 2.48. The van der Waals surface area contributed by atoms with E-state index in [-0.39, 0.29) is 31.8 Å². The highest BCUT2D eigenvalue weighted by molar-refractivity contribution is 5.96. The Labute approximate surface area is 134 Å². The zero-order valence-electron chi connectivity index (χ0n) is 13.0. The first-order valence-electron chi connectivity index (χ1n) is 7.26. The van der Waals surface area contributed by atoms with Gasteiger partial charge >= 0.3 is 6.09 Å². The molecule has 0 bridgehead atoms. The second-order valence-corrected chi connectivity index (χ2v) is 5.03. The van der Waals surface area contributed by atoms with Crippen molar-refractivity contribution in [3.63, 3.8) is 0 Å². The molecule has 0 unspecified atom stereocenters. The molecule has 8 nitrogen and oxygen atoms in total. The molecule has 0 aromatic heterocycles. The number of rotatable bonds is 8. The largest absolute Gasteiger partial charge is 0.465 e. The van der Waals surface area contributed by atoms with Crippen molar-refractivity contribution in [1.82, 2.24) is 10.6 Å². The molecule has 0 spiro atoms. The highest BCUT2D eigenvalue weighted by Crippen LogP contribution is 2.09. The van der Waals surface area contributed by atoms with Gasteiger partial charge in [-0.05, 0) is 25.5 Å². The number of hydrogen-bond acceptors (Lipinski definition) is 4. The smallest absolute Gasteiger partial charge is 0.405 e. The minimum Gasteiger partial charge on any atom is -0.465 e. The lowest BCUT2D eigenvalue weighted by Gasteiger charge is -2.17. The van der Waals surface area contributed by atoms with Gasteiger partial charge in [-0.2, -0.15) is 0 Å². The number of nitrogens with one attached hydrogen (secondary N) is 3. The number of carbonyl (C=O) groups excluding carboxylic acids is 2. The Morgan fingerprint density at radius 3 is 2.43 bits per heavy atom. The molecule has 6 N–H and O–H groups in total. The number of nitrogens with two attached hydrogens (primary N) is 1. The van der Waals surface area contributed by atoms with Gasteiger partial charge < -0.3 is 26.8 Å². The molecule has 0 saturated heterocycles. The van der Waals surface area contributed by atoms with Gasteiger partial charge in [-0.25, -0.2) is 4.79 Å². The van der Waals surface area contributed by atoms with Crippen molar-refractivity contribution >= 4 is 23.6 Å². The van der Waals surface area contributed by atoms with Crippen LogP contribution in [0.25, 0.3) is 0 Å². The van der Waals surface area contributed by atoms with Crippen molar-refractivity contribution in [2.24, 2.45) is 5.73 Å². The molecule has 3 amide bonds. The highest BCUT2D eigenvalue weighted by atomic mass is 16.4. The van der Waals surface area contributed by atoms with E-state index in [0.717, 1.165) is 5.56 Å². The van der Waals surface area contributed by atoms with Crippen molar-refractivity contribution in [2.45, 2.75) is 25.8 Å². The predicted octanol–water partition coefficient (Wildman–Crippen LogP) is 0.425. The van der Waals surface area contributed by atoms with E-state index in [1.165, 1.54) is 0 Å². The van der Waals surface area contributed by atoms with Crippen molar-refractivity contribution in [3.05, 3.63) is 29.8 Å². The van der Waals surface area contributed by atoms with Crippen LogP contribution in [0.15, 0.2) is 24.3 Å². The zero-order chi connectivity index (χ0) is 17.2. The molecule has 0 aliphatic carbocycles. The summed E-state index contributed by atoms with van der Waals surface area (Å²) in [6.07, 6.45) is -0.977. The number of carbonyl (C=O) groups is 3. The van der Waals surface area contributed by atoms with Gasteiger partial charge in [0.25, 0.3) is 0 Å². The predicted molar refractivity (Wildman–Crippen MR) is 86.1 cm³/mol. The molecule has 1 aromatic rings. The third-order valence-electron chi connectivity index (χ3n) is 3.06. The number of hydrogen-bond donors (Lipinski definition) is 5. The average molecular weight is 322 g/mol. The van der Waals surface area contributed by atoms with Gasteiger partial charge in [-0.15, -0.1) is 0 Å². The number of anilines is 1. The maximum atomic E-state index is 12.2. The van der Waals surface area contributed by atoms with Crippen LogP contribution >= 0.6 is 0 Å². The molecular formula is C15H22N4O4. The first-order chi connectivity index (χ1) is 10.9. The minimum atomic E-state index is -1.30. The SMILES string of the molecule is Cc1ccc(NC(=O)[C@H](CCNC(=O)CCN)NC(=O)O)cc1. The molecule has 1 atom stereocenters. The Hall–Kier alpha value is -2.61. The normalized spacial score (nSPS) is 11.4. The van der Waals surface area contributed by atoms with Crippen LogP contribution in [0.5, 0.6) is 0 Å². The fourth-order valence-electron chi connectivity index (χ4n) is 1.86. The number of amides is 3. The zero-order valence-corrected chi connectivity index (χ0v) is 13.0. The molecule has 0 aliphatic rings. The van der Waals surface area contributed by atoms with Gasteiger partial charge in [-0.3, -0.25) is 9.59 Å². The third-order valence-corrected chi connectivity index (χ3v) is 3.06. The Bertz CT molecular complexity index is 545. The van der Waals surface area contributed by atoms with E-state index in [9.17, 15) is 14.4 Å². The summed E-state index contributed by atoms with van der Waals surface area (Å²) in [6, 6.07) is 6.17. The van der Waals surface area contributed by atoms with E-state index in [1.54, 1.807) is 12.1 Å². The third kappa shape index (κ3) is 7.28. The van der Waals surface area contributed by atoms with Crippen molar-refractivity contribution in [3.8, 4) is 0 Å². The molecule has 126 valence electrons. The van der Waals surface area contributed by atoms with E-state index in [1.807, 2.05) is 19.1 Å². The molecule has 23 heavy (non-hydrogen) atoms. The number of carboxylic acid groups (broad SMARTS) is 1. The van der Waals surface area contributed by atoms with E-state index >= 15 is 0 Å². The van der Waals surface area contributed by atoms with Crippen LogP contribution in [0.4, 0.5) is 10.5 Å². The fraction of sp³-hybridized carbons (Fsp3) is 0.400. The summed E-state index contributed by atoms with van der Waals surface area (Å²) in [5.41, 5.74) is 6.88. The lowest BCUT2D eigenvalue weighted by molar-refractivity contribution is -0.121. The van der Waals surface area contributed by atoms with Crippen LogP contribution in [0, 0.1) is 6.92 Å². The van der Waals surface area contributed by atoms with Crippen LogP contribution < -0.4 is 21.7 Å². The maximum Gasteiger partial charge on any atom is 0.405 e. The van der Waals surface area contributed by atoms with Gasteiger partial charge in [0, 0.05) is 25.2 Å². The Morgan fingerprint density at radius 1 is 1.22 bits per heavy atom. The van der Waals surface area contributed by atoms with Crippen LogP contribution in [0.2, 0.25) is 0 Å². The van der Waals surface area contributed by atoms with Crippen LogP contribution in [0.3, 0.4) is 0 Å². The summed E-state index contributed by atoms with van der Waals surface area (Å²) in [7, 11) is 0. The van der Waals surface area contributed by atoms with Crippen molar-refractivity contribution in [1.29, 1.82) is 0 Å². The fourth-order valence-corrected chi connectivity index (χ4v) is 1.86. The number of benzene rings is 1. The Balaban J connectivity index is 2.57.